The van der Waals surface area contributed by atoms with E-state index in [1.807, 2.05) is 44.6 Å². The van der Waals surface area contributed by atoms with E-state index < -0.39 is 0 Å². The summed E-state index contributed by atoms with van der Waals surface area (Å²) in [4.78, 5) is 4.25. The van der Waals surface area contributed by atoms with Gasteiger partial charge in [-0.1, -0.05) is 6.07 Å². The van der Waals surface area contributed by atoms with Crippen LogP contribution in [0.5, 0.6) is 0 Å². The summed E-state index contributed by atoms with van der Waals surface area (Å²) < 4.78 is 1.79. The summed E-state index contributed by atoms with van der Waals surface area (Å²) >= 11 is 0. The zero-order valence-electron chi connectivity index (χ0n) is 8.94. The van der Waals surface area contributed by atoms with Crippen LogP contribution in [0.3, 0.4) is 0 Å². The van der Waals surface area contributed by atoms with E-state index in [9.17, 15) is 0 Å². The summed E-state index contributed by atoms with van der Waals surface area (Å²) in [6.07, 6.45) is 3.78. The third-order valence-electron chi connectivity index (χ3n) is 2.13. The Labute approximate surface area is 89.0 Å². The van der Waals surface area contributed by atoms with Gasteiger partial charge in [-0.25, -0.2) is 4.98 Å². The fraction of sp³-hybridized carbons (Fsp3) is 0.273. The molecule has 0 aliphatic carbocycles. The van der Waals surface area contributed by atoms with Crippen molar-refractivity contribution in [1.82, 2.24) is 14.8 Å². The maximum Gasteiger partial charge on any atom is 0.126 e. The summed E-state index contributed by atoms with van der Waals surface area (Å²) in [6, 6.07) is 5.99. The SMILES string of the molecule is Cc1ccc(NCc2ccn(C)n2)nc1. The van der Waals surface area contributed by atoms with Crippen molar-refractivity contribution in [3.63, 3.8) is 0 Å². The van der Waals surface area contributed by atoms with Gasteiger partial charge in [-0.05, 0) is 24.6 Å². The number of aryl methyl sites for hydroxylation is 2. The number of pyridine rings is 1. The third kappa shape index (κ3) is 2.56. The standard InChI is InChI=1S/C11H14N4/c1-9-3-4-11(12-7-9)13-8-10-5-6-15(2)14-10/h3-7H,8H2,1-2H3,(H,12,13). The average molecular weight is 202 g/mol. The van der Waals surface area contributed by atoms with Crippen LogP contribution in [0.15, 0.2) is 30.6 Å². The number of nitrogens with zero attached hydrogens (tertiary/aromatic N) is 3. The van der Waals surface area contributed by atoms with Crippen LogP contribution >= 0.6 is 0 Å². The van der Waals surface area contributed by atoms with E-state index in [4.69, 9.17) is 0 Å². The number of nitrogens with one attached hydrogen (secondary N) is 1. The lowest BCUT2D eigenvalue weighted by atomic mass is 10.3. The summed E-state index contributed by atoms with van der Waals surface area (Å²) in [5.41, 5.74) is 2.18. The fourth-order valence-electron chi connectivity index (χ4n) is 1.31. The maximum absolute atomic E-state index is 4.27. The minimum atomic E-state index is 0.705. The molecule has 0 saturated heterocycles. The molecule has 2 aromatic rings. The Morgan fingerprint density at radius 3 is 2.80 bits per heavy atom. The van der Waals surface area contributed by atoms with Crippen LogP contribution in [0.25, 0.3) is 0 Å². The van der Waals surface area contributed by atoms with Crippen LogP contribution in [-0.4, -0.2) is 14.8 Å². The van der Waals surface area contributed by atoms with Crippen LogP contribution in [-0.2, 0) is 13.6 Å². The number of hydrogen-bond donors (Lipinski definition) is 1. The average Bonchev–Trinajstić information content (AvgIpc) is 2.64. The van der Waals surface area contributed by atoms with Crippen molar-refractivity contribution in [3.05, 3.63) is 41.9 Å². The molecule has 0 radical (unpaired) electrons. The molecule has 0 aromatic carbocycles. The van der Waals surface area contributed by atoms with E-state index in [1.165, 1.54) is 5.56 Å². The molecule has 0 atom stereocenters. The summed E-state index contributed by atoms with van der Waals surface area (Å²) in [5.74, 6) is 0.881. The highest BCUT2D eigenvalue weighted by Crippen LogP contribution is 2.05. The molecule has 4 nitrogen and oxygen atoms in total. The first-order chi connectivity index (χ1) is 7.24. The Hall–Kier alpha value is -1.84. The molecule has 78 valence electrons. The predicted octanol–water partition coefficient (Wildman–Crippen LogP) is 1.74. The molecule has 0 aliphatic rings. The molecular formula is C11H14N4. The zero-order valence-corrected chi connectivity index (χ0v) is 8.94. The van der Waals surface area contributed by atoms with Gasteiger partial charge in [0.1, 0.15) is 5.82 Å². The van der Waals surface area contributed by atoms with E-state index in [2.05, 4.69) is 15.4 Å². The molecule has 0 spiro atoms. The molecule has 2 aromatic heterocycles. The van der Waals surface area contributed by atoms with E-state index in [-0.39, 0.29) is 0 Å². The van der Waals surface area contributed by atoms with Gasteiger partial charge >= 0.3 is 0 Å². The van der Waals surface area contributed by atoms with Gasteiger partial charge in [0.2, 0.25) is 0 Å². The molecule has 0 aliphatic heterocycles. The van der Waals surface area contributed by atoms with Gasteiger partial charge in [-0.3, -0.25) is 4.68 Å². The van der Waals surface area contributed by atoms with E-state index in [0.29, 0.717) is 6.54 Å². The second-order valence-corrected chi connectivity index (χ2v) is 3.56. The predicted molar refractivity (Wildman–Crippen MR) is 59.5 cm³/mol. The highest BCUT2D eigenvalue weighted by molar-refractivity contribution is 5.35. The summed E-state index contributed by atoms with van der Waals surface area (Å²) in [7, 11) is 1.91. The Morgan fingerprint density at radius 2 is 2.20 bits per heavy atom. The van der Waals surface area contributed by atoms with Gasteiger partial charge < -0.3 is 5.32 Å². The number of hydrogen-bond acceptors (Lipinski definition) is 3. The Balaban J connectivity index is 1.96. The summed E-state index contributed by atoms with van der Waals surface area (Å²) in [6.45, 7) is 2.73. The normalized spacial score (nSPS) is 10.3. The number of rotatable bonds is 3. The van der Waals surface area contributed by atoms with Crippen LogP contribution < -0.4 is 5.32 Å². The lowest BCUT2D eigenvalue weighted by Crippen LogP contribution is -2.02. The molecular weight excluding hydrogens is 188 g/mol. The highest BCUT2D eigenvalue weighted by Gasteiger charge is 1.97. The molecule has 2 rings (SSSR count). The van der Waals surface area contributed by atoms with Crippen molar-refractivity contribution in [2.24, 2.45) is 7.05 Å². The van der Waals surface area contributed by atoms with Crippen LogP contribution in [0.2, 0.25) is 0 Å². The minimum Gasteiger partial charge on any atom is -0.364 e. The van der Waals surface area contributed by atoms with Crippen LogP contribution in [0, 0.1) is 6.92 Å². The third-order valence-corrected chi connectivity index (χ3v) is 2.13. The largest absolute Gasteiger partial charge is 0.364 e. The molecule has 0 amide bonds. The van der Waals surface area contributed by atoms with Crippen molar-refractivity contribution in [3.8, 4) is 0 Å². The van der Waals surface area contributed by atoms with Crippen LogP contribution in [0.4, 0.5) is 5.82 Å². The maximum atomic E-state index is 4.27. The molecule has 0 unspecified atom stereocenters. The van der Waals surface area contributed by atoms with Crippen molar-refractivity contribution < 1.29 is 0 Å². The lowest BCUT2D eigenvalue weighted by Gasteiger charge is -2.02. The van der Waals surface area contributed by atoms with Crippen molar-refractivity contribution in [2.75, 3.05) is 5.32 Å². The van der Waals surface area contributed by atoms with Crippen molar-refractivity contribution in [2.45, 2.75) is 13.5 Å². The quantitative estimate of drug-likeness (QED) is 0.824. The summed E-state index contributed by atoms with van der Waals surface area (Å²) in [5, 5.41) is 7.48. The van der Waals surface area contributed by atoms with Gasteiger partial charge in [-0.15, -0.1) is 0 Å². The van der Waals surface area contributed by atoms with E-state index >= 15 is 0 Å². The second-order valence-electron chi connectivity index (χ2n) is 3.56. The van der Waals surface area contributed by atoms with Gasteiger partial charge in [0.15, 0.2) is 0 Å². The lowest BCUT2D eigenvalue weighted by molar-refractivity contribution is 0.747. The minimum absolute atomic E-state index is 0.705. The number of aromatic nitrogens is 3. The Bertz CT molecular complexity index is 430. The smallest absolute Gasteiger partial charge is 0.126 e. The van der Waals surface area contributed by atoms with Crippen molar-refractivity contribution >= 4 is 5.82 Å². The highest BCUT2D eigenvalue weighted by atomic mass is 15.3. The van der Waals surface area contributed by atoms with E-state index in [0.717, 1.165) is 11.5 Å². The molecule has 0 bridgehead atoms. The first-order valence-corrected chi connectivity index (χ1v) is 4.89. The van der Waals surface area contributed by atoms with Gasteiger partial charge in [0, 0.05) is 19.4 Å². The second kappa shape index (κ2) is 4.13. The fourth-order valence-corrected chi connectivity index (χ4v) is 1.31. The first kappa shape index (κ1) is 9.71. The molecule has 0 fully saturated rings. The first-order valence-electron chi connectivity index (χ1n) is 4.89. The Morgan fingerprint density at radius 1 is 1.33 bits per heavy atom. The monoisotopic (exact) mass is 202 g/mol. The molecule has 15 heavy (non-hydrogen) atoms. The molecule has 0 saturated carbocycles. The Kier molecular flexibility index (Phi) is 2.67. The number of anilines is 1. The molecule has 1 N–H and O–H groups in total. The topological polar surface area (TPSA) is 42.7 Å². The van der Waals surface area contributed by atoms with E-state index in [1.54, 1.807) is 4.68 Å². The zero-order chi connectivity index (χ0) is 10.7. The van der Waals surface area contributed by atoms with Gasteiger partial charge in [0.25, 0.3) is 0 Å². The van der Waals surface area contributed by atoms with Crippen LogP contribution in [0.1, 0.15) is 11.3 Å². The molecule has 4 heteroatoms. The van der Waals surface area contributed by atoms with Gasteiger partial charge in [0.05, 0.1) is 12.2 Å². The van der Waals surface area contributed by atoms with Crippen molar-refractivity contribution in [1.29, 1.82) is 0 Å². The van der Waals surface area contributed by atoms with Gasteiger partial charge in [-0.2, -0.15) is 5.10 Å². The molecule has 2 heterocycles.